The smallest absolute Gasteiger partial charge is 0.259 e. The van der Waals surface area contributed by atoms with Gasteiger partial charge >= 0.3 is 0 Å². The van der Waals surface area contributed by atoms with Crippen LogP contribution in [0.5, 0.6) is 11.5 Å². The van der Waals surface area contributed by atoms with Crippen LogP contribution in [0.4, 0.5) is 11.4 Å². The van der Waals surface area contributed by atoms with Crippen LogP contribution in [-0.4, -0.2) is 38.1 Å². The Morgan fingerprint density at radius 3 is 2.25 bits per heavy atom. The van der Waals surface area contributed by atoms with Crippen molar-refractivity contribution < 1.29 is 14.3 Å². The van der Waals surface area contributed by atoms with E-state index in [1.54, 1.807) is 25.2 Å². The van der Waals surface area contributed by atoms with E-state index in [0.29, 0.717) is 35.8 Å². The van der Waals surface area contributed by atoms with E-state index >= 15 is 0 Å². The van der Waals surface area contributed by atoms with Crippen LogP contribution in [0.15, 0.2) is 42.5 Å². The molecule has 0 heterocycles. The minimum absolute atomic E-state index is 0.0714. The Balaban J connectivity index is 2.55. The quantitative estimate of drug-likeness (QED) is 0.837. The number of carbonyl (C=O) groups excluding carboxylic acids is 1. The van der Waals surface area contributed by atoms with Crippen molar-refractivity contribution in [1.82, 2.24) is 4.90 Å². The van der Waals surface area contributed by atoms with Crippen LogP contribution in [0.3, 0.4) is 0 Å². The molecule has 0 aliphatic heterocycles. The van der Waals surface area contributed by atoms with E-state index in [9.17, 15) is 4.79 Å². The van der Waals surface area contributed by atoms with Gasteiger partial charge in [0, 0.05) is 30.9 Å². The van der Waals surface area contributed by atoms with E-state index in [0.717, 1.165) is 5.69 Å². The van der Waals surface area contributed by atoms with Gasteiger partial charge in [0.15, 0.2) is 0 Å². The molecule has 0 aromatic heterocycles. The van der Waals surface area contributed by atoms with Crippen LogP contribution >= 0.6 is 0 Å². The van der Waals surface area contributed by atoms with Crippen LogP contribution in [-0.2, 0) is 0 Å². The SMILES string of the molecule is CCN(CC)C(=O)c1c(Nc2ccccc2)cc(OC)cc1OC. The number of para-hydroxylation sites is 1. The Kier molecular flexibility index (Phi) is 6.07. The second kappa shape index (κ2) is 8.24. The highest BCUT2D eigenvalue weighted by Gasteiger charge is 2.23. The fraction of sp³-hybridized carbons (Fsp3) is 0.316. The van der Waals surface area contributed by atoms with Gasteiger partial charge in [-0.2, -0.15) is 0 Å². The minimum atomic E-state index is -0.0714. The van der Waals surface area contributed by atoms with Crippen LogP contribution < -0.4 is 14.8 Å². The average Bonchev–Trinajstić information content (AvgIpc) is 2.62. The Labute approximate surface area is 143 Å². The number of nitrogens with zero attached hydrogens (tertiary/aromatic N) is 1. The number of hydrogen-bond acceptors (Lipinski definition) is 4. The van der Waals surface area contributed by atoms with Gasteiger partial charge in [-0.25, -0.2) is 0 Å². The molecule has 5 heteroatoms. The summed E-state index contributed by atoms with van der Waals surface area (Å²) in [5.74, 6) is 1.05. The summed E-state index contributed by atoms with van der Waals surface area (Å²) in [5.41, 5.74) is 2.06. The molecule has 0 radical (unpaired) electrons. The van der Waals surface area contributed by atoms with Crippen molar-refractivity contribution >= 4 is 17.3 Å². The van der Waals surface area contributed by atoms with Gasteiger partial charge in [0.1, 0.15) is 17.1 Å². The molecule has 0 saturated carbocycles. The Morgan fingerprint density at radius 2 is 1.71 bits per heavy atom. The molecule has 128 valence electrons. The molecule has 1 N–H and O–H groups in total. The molecule has 0 unspecified atom stereocenters. The van der Waals surface area contributed by atoms with Gasteiger partial charge in [-0.05, 0) is 26.0 Å². The third kappa shape index (κ3) is 3.79. The van der Waals surface area contributed by atoms with Crippen molar-refractivity contribution in [3.05, 3.63) is 48.0 Å². The normalized spacial score (nSPS) is 10.2. The van der Waals surface area contributed by atoms with E-state index in [2.05, 4.69) is 5.32 Å². The molecule has 0 fully saturated rings. The molecule has 2 aromatic carbocycles. The topological polar surface area (TPSA) is 50.8 Å². The van der Waals surface area contributed by atoms with E-state index in [1.807, 2.05) is 50.2 Å². The lowest BCUT2D eigenvalue weighted by atomic mass is 10.1. The highest BCUT2D eigenvalue weighted by molar-refractivity contribution is 6.03. The van der Waals surface area contributed by atoms with Crippen molar-refractivity contribution in [3.8, 4) is 11.5 Å². The van der Waals surface area contributed by atoms with Crippen molar-refractivity contribution in [1.29, 1.82) is 0 Å². The first-order valence-electron chi connectivity index (χ1n) is 8.01. The predicted molar refractivity (Wildman–Crippen MR) is 96.5 cm³/mol. The molecule has 2 rings (SSSR count). The fourth-order valence-corrected chi connectivity index (χ4v) is 2.53. The third-order valence-electron chi connectivity index (χ3n) is 3.85. The van der Waals surface area contributed by atoms with Crippen LogP contribution in [0.25, 0.3) is 0 Å². The van der Waals surface area contributed by atoms with E-state index in [1.165, 1.54) is 0 Å². The highest BCUT2D eigenvalue weighted by Crippen LogP contribution is 2.35. The number of benzene rings is 2. The van der Waals surface area contributed by atoms with Gasteiger partial charge < -0.3 is 19.7 Å². The highest BCUT2D eigenvalue weighted by atomic mass is 16.5. The summed E-state index contributed by atoms with van der Waals surface area (Å²) in [6.45, 7) is 5.19. The molecule has 24 heavy (non-hydrogen) atoms. The minimum Gasteiger partial charge on any atom is -0.497 e. The standard InChI is InChI=1S/C19H24N2O3/c1-5-21(6-2)19(22)18-16(20-14-10-8-7-9-11-14)12-15(23-3)13-17(18)24-4/h7-13,20H,5-6H2,1-4H3. The summed E-state index contributed by atoms with van der Waals surface area (Å²) >= 11 is 0. The van der Waals surface area contributed by atoms with Crippen LogP contribution in [0.2, 0.25) is 0 Å². The lowest BCUT2D eigenvalue weighted by molar-refractivity contribution is 0.0770. The molecule has 0 atom stereocenters. The Morgan fingerprint density at radius 1 is 1.04 bits per heavy atom. The first-order chi connectivity index (χ1) is 11.6. The second-order valence-corrected chi connectivity index (χ2v) is 5.22. The molecular weight excluding hydrogens is 304 g/mol. The number of carbonyl (C=O) groups is 1. The Bertz CT molecular complexity index is 683. The first kappa shape index (κ1) is 17.7. The molecule has 1 amide bonds. The summed E-state index contributed by atoms with van der Waals surface area (Å²) in [4.78, 5) is 14.7. The number of hydrogen-bond donors (Lipinski definition) is 1. The molecular formula is C19H24N2O3. The number of ether oxygens (including phenoxy) is 2. The summed E-state index contributed by atoms with van der Waals surface area (Å²) in [7, 11) is 3.15. The van der Waals surface area contributed by atoms with E-state index < -0.39 is 0 Å². The molecule has 2 aromatic rings. The number of anilines is 2. The van der Waals surface area contributed by atoms with Crippen molar-refractivity contribution in [2.75, 3.05) is 32.6 Å². The van der Waals surface area contributed by atoms with Gasteiger partial charge in [-0.1, -0.05) is 18.2 Å². The molecule has 5 nitrogen and oxygen atoms in total. The molecule has 0 aliphatic rings. The maximum absolute atomic E-state index is 13.0. The van der Waals surface area contributed by atoms with Gasteiger partial charge in [0.2, 0.25) is 0 Å². The maximum atomic E-state index is 13.0. The zero-order valence-electron chi connectivity index (χ0n) is 14.6. The van der Waals surface area contributed by atoms with Gasteiger partial charge in [0.25, 0.3) is 5.91 Å². The van der Waals surface area contributed by atoms with Gasteiger partial charge in [-0.15, -0.1) is 0 Å². The van der Waals surface area contributed by atoms with E-state index in [4.69, 9.17) is 9.47 Å². The summed E-state index contributed by atoms with van der Waals surface area (Å²) in [5, 5.41) is 3.30. The summed E-state index contributed by atoms with van der Waals surface area (Å²) in [6, 6.07) is 13.2. The largest absolute Gasteiger partial charge is 0.497 e. The Hall–Kier alpha value is -2.69. The second-order valence-electron chi connectivity index (χ2n) is 5.22. The molecule has 0 aliphatic carbocycles. The van der Waals surface area contributed by atoms with Crippen LogP contribution in [0.1, 0.15) is 24.2 Å². The summed E-state index contributed by atoms with van der Waals surface area (Å²) in [6.07, 6.45) is 0. The lowest BCUT2D eigenvalue weighted by Gasteiger charge is -2.23. The van der Waals surface area contributed by atoms with Crippen molar-refractivity contribution in [3.63, 3.8) is 0 Å². The summed E-state index contributed by atoms with van der Waals surface area (Å²) < 4.78 is 10.8. The zero-order chi connectivity index (χ0) is 17.5. The third-order valence-corrected chi connectivity index (χ3v) is 3.85. The first-order valence-corrected chi connectivity index (χ1v) is 8.01. The number of amides is 1. The molecule has 0 spiro atoms. The lowest BCUT2D eigenvalue weighted by Crippen LogP contribution is -2.31. The zero-order valence-corrected chi connectivity index (χ0v) is 14.6. The maximum Gasteiger partial charge on any atom is 0.259 e. The van der Waals surface area contributed by atoms with Crippen molar-refractivity contribution in [2.24, 2.45) is 0 Å². The molecule has 0 saturated heterocycles. The average molecular weight is 328 g/mol. The van der Waals surface area contributed by atoms with Gasteiger partial charge in [-0.3, -0.25) is 4.79 Å². The van der Waals surface area contributed by atoms with Crippen LogP contribution in [0, 0.1) is 0 Å². The fourth-order valence-electron chi connectivity index (χ4n) is 2.53. The molecule has 0 bridgehead atoms. The number of nitrogens with one attached hydrogen (secondary N) is 1. The van der Waals surface area contributed by atoms with Crippen molar-refractivity contribution in [2.45, 2.75) is 13.8 Å². The van der Waals surface area contributed by atoms with E-state index in [-0.39, 0.29) is 5.91 Å². The van der Waals surface area contributed by atoms with Gasteiger partial charge in [0.05, 0.1) is 19.9 Å². The number of methoxy groups -OCH3 is 2. The number of rotatable bonds is 7. The predicted octanol–water partition coefficient (Wildman–Crippen LogP) is 3.93. The monoisotopic (exact) mass is 328 g/mol.